The smallest absolute Gasteiger partial charge is 0.414 e. The van der Waals surface area contributed by atoms with Crippen LogP contribution in [0.15, 0.2) is 47.8 Å². The fourth-order valence-corrected chi connectivity index (χ4v) is 2.50. The van der Waals surface area contributed by atoms with Crippen LogP contribution in [0.2, 0.25) is 0 Å². The molecule has 0 unspecified atom stereocenters. The Kier molecular flexibility index (Phi) is 6.12. The molecular formula is C20H24FN5O2. The third kappa shape index (κ3) is 5.12. The van der Waals surface area contributed by atoms with Gasteiger partial charge in [0.1, 0.15) is 11.3 Å². The molecule has 0 saturated heterocycles. The second-order valence-electron chi connectivity index (χ2n) is 7.18. The van der Waals surface area contributed by atoms with Crippen LogP contribution in [0.3, 0.4) is 0 Å². The highest BCUT2D eigenvalue weighted by atomic mass is 19.1. The molecule has 1 amide bonds. The fourth-order valence-electron chi connectivity index (χ4n) is 2.50. The molecular weight excluding hydrogens is 361 g/mol. The van der Waals surface area contributed by atoms with Crippen molar-refractivity contribution >= 4 is 23.3 Å². The van der Waals surface area contributed by atoms with E-state index < -0.39 is 17.5 Å². The van der Waals surface area contributed by atoms with E-state index in [0.717, 1.165) is 11.8 Å². The van der Waals surface area contributed by atoms with Crippen LogP contribution < -0.4 is 10.6 Å². The number of amides is 1. The van der Waals surface area contributed by atoms with E-state index in [1.54, 1.807) is 46.0 Å². The number of likely N-dealkylation sites (N-methyl/N-ethyl adjacent to an activating group) is 1. The summed E-state index contributed by atoms with van der Waals surface area (Å²) in [5.74, 6) is -0.736. The molecule has 3 N–H and O–H groups in total. The van der Waals surface area contributed by atoms with Crippen molar-refractivity contribution in [2.75, 3.05) is 12.4 Å². The summed E-state index contributed by atoms with van der Waals surface area (Å²) in [5, 5.41) is 13.5. The molecule has 1 heterocycles. The van der Waals surface area contributed by atoms with Crippen molar-refractivity contribution < 1.29 is 13.9 Å². The number of allylic oxidation sites excluding steroid dienone is 6. The highest BCUT2D eigenvalue weighted by Gasteiger charge is 2.20. The van der Waals surface area contributed by atoms with E-state index in [1.165, 1.54) is 0 Å². The zero-order valence-corrected chi connectivity index (χ0v) is 16.6. The Labute approximate surface area is 163 Å². The molecule has 7 nitrogen and oxygen atoms in total. The van der Waals surface area contributed by atoms with E-state index in [-0.39, 0.29) is 17.4 Å². The molecule has 28 heavy (non-hydrogen) atoms. The first-order valence-electron chi connectivity index (χ1n) is 8.61. The SMILES string of the molecule is C=C(C)/C(NC)=C1\C=C(c2nc(NC(=O)OC(C)(C)C)ncc2F)C=CC1=N. The maximum absolute atomic E-state index is 14.4. The fraction of sp³-hybridized carbons (Fsp3) is 0.300. The number of carbonyl (C=O) groups is 1. The predicted octanol–water partition coefficient (Wildman–Crippen LogP) is 3.99. The van der Waals surface area contributed by atoms with Gasteiger partial charge in [-0.1, -0.05) is 12.7 Å². The van der Waals surface area contributed by atoms with E-state index in [4.69, 9.17) is 10.1 Å². The minimum atomic E-state index is -0.736. The molecule has 0 fully saturated rings. The second kappa shape index (κ2) is 8.16. The van der Waals surface area contributed by atoms with Crippen molar-refractivity contribution in [3.05, 3.63) is 59.4 Å². The number of rotatable bonds is 4. The van der Waals surface area contributed by atoms with Gasteiger partial charge in [-0.2, -0.15) is 0 Å². The van der Waals surface area contributed by atoms with Crippen LogP contribution in [0.5, 0.6) is 0 Å². The third-order valence-electron chi connectivity index (χ3n) is 3.60. The van der Waals surface area contributed by atoms with Gasteiger partial charge >= 0.3 is 6.09 Å². The van der Waals surface area contributed by atoms with Crippen molar-refractivity contribution in [1.82, 2.24) is 15.3 Å². The number of aromatic nitrogens is 2. The quantitative estimate of drug-likeness (QED) is 0.728. The summed E-state index contributed by atoms with van der Waals surface area (Å²) in [4.78, 5) is 19.8. The minimum absolute atomic E-state index is 0.000484. The summed E-state index contributed by atoms with van der Waals surface area (Å²) in [5.41, 5.74) is 1.99. The number of hydrogen-bond acceptors (Lipinski definition) is 6. The van der Waals surface area contributed by atoms with Crippen LogP contribution in [0.1, 0.15) is 33.4 Å². The van der Waals surface area contributed by atoms with Crippen molar-refractivity contribution in [3.63, 3.8) is 0 Å². The van der Waals surface area contributed by atoms with E-state index in [9.17, 15) is 9.18 Å². The van der Waals surface area contributed by atoms with E-state index in [1.807, 2.05) is 6.92 Å². The number of carbonyl (C=O) groups excluding carboxylic acids is 1. The summed E-state index contributed by atoms with van der Waals surface area (Å²) < 4.78 is 19.5. The molecule has 0 spiro atoms. The molecule has 1 aromatic rings. The molecule has 148 valence electrons. The van der Waals surface area contributed by atoms with Gasteiger partial charge in [-0.25, -0.2) is 19.2 Å². The molecule has 1 aliphatic rings. The van der Waals surface area contributed by atoms with Gasteiger partial charge in [-0.15, -0.1) is 0 Å². The first-order valence-corrected chi connectivity index (χ1v) is 8.61. The lowest BCUT2D eigenvalue weighted by Crippen LogP contribution is -2.28. The summed E-state index contributed by atoms with van der Waals surface area (Å²) in [6.07, 6.45) is 5.02. The lowest BCUT2D eigenvalue weighted by Gasteiger charge is -2.19. The van der Waals surface area contributed by atoms with Crippen LogP contribution in [0.25, 0.3) is 5.57 Å². The predicted molar refractivity (Wildman–Crippen MR) is 108 cm³/mol. The monoisotopic (exact) mass is 385 g/mol. The summed E-state index contributed by atoms with van der Waals surface area (Å²) in [7, 11) is 1.73. The summed E-state index contributed by atoms with van der Waals surface area (Å²) >= 11 is 0. The molecule has 8 heteroatoms. The summed E-state index contributed by atoms with van der Waals surface area (Å²) in [6, 6.07) is 0. The molecule has 2 rings (SSSR count). The maximum atomic E-state index is 14.4. The molecule has 0 saturated carbocycles. The average Bonchev–Trinajstić information content (AvgIpc) is 2.57. The maximum Gasteiger partial charge on any atom is 0.414 e. The second-order valence-corrected chi connectivity index (χ2v) is 7.18. The van der Waals surface area contributed by atoms with Crippen LogP contribution in [0, 0.1) is 11.2 Å². The van der Waals surface area contributed by atoms with Gasteiger partial charge in [0.05, 0.1) is 11.9 Å². The molecule has 0 radical (unpaired) electrons. The Bertz CT molecular complexity index is 923. The molecule has 0 bridgehead atoms. The number of hydrogen-bond donors (Lipinski definition) is 3. The van der Waals surface area contributed by atoms with E-state index >= 15 is 0 Å². The van der Waals surface area contributed by atoms with Crippen molar-refractivity contribution in [2.45, 2.75) is 33.3 Å². The molecule has 1 aromatic heterocycles. The highest BCUT2D eigenvalue weighted by Crippen LogP contribution is 2.26. The number of nitrogens with one attached hydrogen (secondary N) is 3. The number of nitrogens with zero attached hydrogens (tertiary/aromatic N) is 2. The van der Waals surface area contributed by atoms with Crippen molar-refractivity contribution in [3.8, 4) is 0 Å². The number of anilines is 1. The summed E-state index contributed by atoms with van der Waals surface area (Å²) in [6.45, 7) is 10.9. The third-order valence-corrected chi connectivity index (χ3v) is 3.60. The largest absolute Gasteiger partial charge is 0.444 e. The molecule has 0 atom stereocenters. The van der Waals surface area contributed by atoms with Gasteiger partial charge < -0.3 is 15.5 Å². The van der Waals surface area contributed by atoms with Gasteiger partial charge in [0, 0.05) is 23.9 Å². The number of halogens is 1. The van der Waals surface area contributed by atoms with Gasteiger partial charge in [0.25, 0.3) is 0 Å². The Hall–Kier alpha value is -3.29. The van der Waals surface area contributed by atoms with Crippen LogP contribution in [-0.4, -0.2) is 34.4 Å². The Morgan fingerprint density at radius 1 is 1.32 bits per heavy atom. The van der Waals surface area contributed by atoms with Gasteiger partial charge in [0.2, 0.25) is 5.95 Å². The van der Waals surface area contributed by atoms with E-state index in [0.29, 0.717) is 16.8 Å². The average molecular weight is 385 g/mol. The molecule has 0 aromatic carbocycles. The number of ether oxygens (including phenoxy) is 1. The van der Waals surface area contributed by atoms with Crippen LogP contribution in [-0.2, 0) is 4.74 Å². The first kappa shape index (κ1) is 21.0. The topological polar surface area (TPSA) is 100.0 Å². The Balaban J connectivity index is 2.42. The molecule has 1 aliphatic carbocycles. The van der Waals surface area contributed by atoms with Gasteiger partial charge in [-0.3, -0.25) is 5.32 Å². The minimum Gasteiger partial charge on any atom is -0.444 e. The van der Waals surface area contributed by atoms with Crippen molar-refractivity contribution in [2.24, 2.45) is 0 Å². The standard InChI is InChI=1S/C20H24FN5O2/c1-11(2)16(23-6)13-9-12(7-8-15(13)22)17-14(21)10-24-18(25-17)26-19(27)28-20(3,4)5/h7-10,22-23H,1H2,2-6H3,(H,24,25,26,27)/b16-13-,22-15?. The Morgan fingerprint density at radius 2 is 2.00 bits per heavy atom. The highest BCUT2D eigenvalue weighted by molar-refractivity contribution is 6.13. The normalized spacial score (nSPS) is 15.6. The van der Waals surface area contributed by atoms with Crippen molar-refractivity contribution in [1.29, 1.82) is 5.41 Å². The van der Waals surface area contributed by atoms with Crippen LogP contribution >= 0.6 is 0 Å². The first-order chi connectivity index (χ1) is 13.0. The van der Waals surface area contributed by atoms with Crippen LogP contribution in [0.4, 0.5) is 15.1 Å². The molecule has 0 aliphatic heterocycles. The lowest BCUT2D eigenvalue weighted by molar-refractivity contribution is 0.0634. The van der Waals surface area contributed by atoms with Gasteiger partial charge in [-0.05, 0) is 45.4 Å². The van der Waals surface area contributed by atoms with Gasteiger partial charge in [0.15, 0.2) is 5.82 Å². The van der Waals surface area contributed by atoms with E-state index in [2.05, 4.69) is 27.2 Å². The lowest BCUT2D eigenvalue weighted by atomic mass is 9.94. The zero-order chi connectivity index (χ0) is 21.1. The Morgan fingerprint density at radius 3 is 2.57 bits per heavy atom. The zero-order valence-electron chi connectivity index (χ0n) is 16.6.